The van der Waals surface area contributed by atoms with Crippen molar-refractivity contribution in [3.8, 4) is 0 Å². The van der Waals surface area contributed by atoms with E-state index in [9.17, 15) is 32.7 Å². The summed E-state index contributed by atoms with van der Waals surface area (Å²) >= 11 is 7.89. The summed E-state index contributed by atoms with van der Waals surface area (Å²) in [6, 6.07) is -1.15. The van der Waals surface area contributed by atoms with Gasteiger partial charge in [0, 0.05) is 11.1 Å². The molecule has 1 fully saturated rings. The summed E-state index contributed by atoms with van der Waals surface area (Å²) in [5.74, 6) is -3.09. The number of thiazole rings is 1. The second kappa shape index (κ2) is 8.31. The van der Waals surface area contributed by atoms with Crippen molar-refractivity contribution in [2.24, 2.45) is 5.16 Å². The quantitative estimate of drug-likeness (QED) is 0.306. The summed E-state index contributed by atoms with van der Waals surface area (Å²) in [4.78, 5) is 45.2. The first-order valence-corrected chi connectivity index (χ1v) is 10.2. The van der Waals surface area contributed by atoms with E-state index in [0.717, 1.165) is 28.0 Å². The molecule has 30 heavy (non-hydrogen) atoms. The van der Waals surface area contributed by atoms with Crippen molar-refractivity contribution < 1.29 is 37.5 Å². The van der Waals surface area contributed by atoms with Crippen LogP contribution in [-0.4, -0.2) is 68.4 Å². The zero-order chi connectivity index (χ0) is 22.2. The summed E-state index contributed by atoms with van der Waals surface area (Å²) in [6.07, 6.45) is -4.69. The molecular formula is C14H11ClF3N5O5S2. The first kappa shape index (κ1) is 22.2. The minimum absolute atomic E-state index is 0.0253. The summed E-state index contributed by atoms with van der Waals surface area (Å²) in [6.45, 7) is -1.75. The number of carboxylic acid groups (broad SMARTS) is 1. The molecule has 2 atom stereocenters. The molecule has 0 radical (unpaired) electrons. The van der Waals surface area contributed by atoms with Crippen molar-refractivity contribution in [1.82, 2.24) is 15.2 Å². The largest absolute Gasteiger partial charge is 0.477 e. The number of aromatic nitrogens is 1. The third-order valence-corrected chi connectivity index (χ3v) is 6.20. The van der Waals surface area contributed by atoms with E-state index in [1.54, 1.807) is 0 Å². The molecule has 2 amide bonds. The number of anilines is 1. The Kier molecular flexibility index (Phi) is 6.14. The fourth-order valence-corrected chi connectivity index (χ4v) is 4.66. The lowest BCUT2D eigenvalue weighted by atomic mass is 10.0. The molecule has 16 heteroatoms. The fourth-order valence-electron chi connectivity index (χ4n) is 2.56. The maximum atomic E-state index is 12.6. The van der Waals surface area contributed by atoms with Crippen LogP contribution in [0.2, 0.25) is 0 Å². The molecule has 162 valence electrons. The highest BCUT2D eigenvalue weighted by Gasteiger charge is 2.54. The van der Waals surface area contributed by atoms with Crippen molar-refractivity contribution in [2.45, 2.75) is 17.6 Å². The first-order chi connectivity index (χ1) is 14.0. The third kappa shape index (κ3) is 4.46. The number of nitrogens with zero attached hydrogens (tertiary/aromatic N) is 3. The van der Waals surface area contributed by atoms with E-state index in [1.165, 1.54) is 5.38 Å². The van der Waals surface area contributed by atoms with Crippen LogP contribution in [0.15, 0.2) is 21.3 Å². The Labute approximate surface area is 178 Å². The number of alkyl halides is 3. The van der Waals surface area contributed by atoms with Crippen LogP contribution < -0.4 is 11.1 Å². The third-order valence-electron chi connectivity index (χ3n) is 3.77. The molecule has 3 rings (SSSR count). The molecule has 1 aromatic heterocycles. The number of rotatable bonds is 6. The number of carboxylic acids is 1. The molecule has 4 N–H and O–H groups in total. The van der Waals surface area contributed by atoms with Crippen LogP contribution in [-0.2, 0) is 19.2 Å². The van der Waals surface area contributed by atoms with E-state index in [1.807, 2.05) is 0 Å². The van der Waals surface area contributed by atoms with Gasteiger partial charge in [-0.3, -0.25) is 14.5 Å². The number of β-lactam (4-membered cyclic amide) rings is 1. The number of carbonyl (C=O) groups is 3. The van der Waals surface area contributed by atoms with Gasteiger partial charge in [-0.2, -0.15) is 13.2 Å². The summed E-state index contributed by atoms with van der Waals surface area (Å²) in [7, 11) is 0. The number of nitrogens with one attached hydrogen (secondary N) is 1. The van der Waals surface area contributed by atoms with Crippen molar-refractivity contribution in [1.29, 1.82) is 0 Å². The van der Waals surface area contributed by atoms with Crippen LogP contribution in [0.3, 0.4) is 0 Å². The predicted molar refractivity (Wildman–Crippen MR) is 101 cm³/mol. The molecule has 0 aromatic carbocycles. The Bertz CT molecular complexity index is 966. The minimum atomic E-state index is -4.69. The Hall–Kier alpha value is -2.52. The molecule has 1 aromatic rings. The van der Waals surface area contributed by atoms with Gasteiger partial charge in [-0.15, -0.1) is 23.1 Å². The van der Waals surface area contributed by atoms with E-state index in [2.05, 4.69) is 20.3 Å². The summed E-state index contributed by atoms with van der Waals surface area (Å²) < 4.78 is 36.9. The number of hydrogen-bond donors (Lipinski definition) is 3. The Balaban J connectivity index is 1.78. The lowest BCUT2D eigenvalue weighted by Crippen LogP contribution is -2.71. The number of halogens is 4. The topological polar surface area (TPSA) is 147 Å². The van der Waals surface area contributed by atoms with Crippen molar-refractivity contribution in [2.75, 3.05) is 18.1 Å². The zero-order valence-corrected chi connectivity index (χ0v) is 16.9. The van der Waals surface area contributed by atoms with Gasteiger partial charge in [0.1, 0.15) is 22.8 Å². The summed E-state index contributed by atoms with van der Waals surface area (Å²) in [5, 5.41) is 15.3. The molecule has 3 heterocycles. The molecule has 1 saturated heterocycles. The minimum Gasteiger partial charge on any atom is -0.477 e. The number of nitrogens with two attached hydrogens (primary N) is 1. The van der Waals surface area contributed by atoms with E-state index < -0.39 is 47.7 Å². The number of hydrogen-bond acceptors (Lipinski definition) is 9. The van der Waals surface area contributed by atoms with Gasteiger partial charge in [-0.25, -0.2) is 9.78 Å². The van der Waals surface area contributed by atoms with Gasteiger partial charge >= 0.3 is 12.1 Å². The van der Waals surface area contributed by atoms with Crippen LogP contribution in [0.5, 0.6) is 0 Å². The number of fused-ring (bicyclic) bond motifs is 1. The molecule has 2 aliphatic rings. The zero-order valence-electron chi connectivity index (χ0n) is 14.5. The van der Waals surface area contributed by atoms with Crippen LogP contribution in [0.4, 0.5) is 18.3 Å². The maximum Gasteiger partial charge on any atom is 0.425 e. The molecule has 10 nitrogen and oxygen atoms in total. The molecular weight excluding hydrogens is 475 g/mol. The van der Waals surface area contributed by atoms with Crippen molar-refractivity contribution in [3.63, 3.8) is 0 Å². The summed E-state index contributed by atoms with van der Waals surface area (Å²) in [5.41, 5.74) is 4.33. The molecule has 2 aliphatic heterocycles. The van der Waals surface area contributed by atoms with Gasteiger partial charge in [0.05, 0.1) is 5.03 Å². The van der Waals surface area contributed by atoms with Gasteiger partial charge in [0.15, 0.2) is 10.8 Å². The van der Waals surface area contributed by atoms with E-state index >= 15 is 0 Å². The maximum absolute atomic E-state index is 12.6. The number of aliphatic carboxylic acids is 1. The number of oxime groups is 1. The fraction of sp³-hybridized carbons (Fsp3) is 0.357. The Morgan fingerprint density at radius 1 is 1.50 bits per heavy atom. The monoisotopic (exact) mass is 485 g/mol. The highest BCUT2D eigenvalue weighted by Crippen LogP contribution is 2.41. The second-order valence-electron chi connectivity index (χ2n) is 5.82. The SMILES string of the molecule is Nc1nc(C(=NOCC(F)(F)F)C(=O)NC2C(=O)N3C(C(=O)O)=C(Cl)CS[C@@H]23)cs1. The smallest absolute Gasteiger partial charge is 0.425 e. The Morgan fingerprint density at radius 3 is 2.77 bits per heavy atom. The number of thioether (sulfide) groups is 1. The van der Waals surface area contributed by atoms with Gasteiger partial charge < -0.3 is 21.0 Å². The molecule has 0 bridgehead atoms. The highest BCUT2D eigenvalue weighted by atomic mass is 35.5. The lowest BCUT2D eigenvalue weighted by Gasteiger charge is -2.48. The molecule has 0 spiro atoms. The number of nitrogen functional groups attached to an aromatic ring is 1. The van der Waals surface area contributed by atoms with E-state index in [4.69, 9.17) is 17.3 Å². The van der Waals surface area contributed by atoms with Crippen LogP contribution in [0.25, 0.3) is 0 Å². The molecule has 0 aliphatic carbocycles. The Morgan fingerprint density at radius 2 is 2.20 bits per heavy atom. The first-order valence-electron chi connectivity index (χ1n) is 7.85. The normalized spacial score (nSPS) is 21.8. The van der Waals surface area contributed by atoms with E-state index in [0.29, 0.717) is 0 Å². The van der Waals surface area contributed by atoms with Crippen molar-refractivity contribution in [3.05, 3.63) is 21.8 Å². The molecule has 0 saturated carbocycles. The van der Waals surface area contributed by atoms with E-state index in [-0.39, 0.29) is 27.3 Å². The van der Waals surface area contributed by atoms with Gasteiger partial charge in [-0.1, -0.05) is 16.8 Å². The second-order valence-corrected chi connectivity index (χ2v) is 8.27. The highest BCUT2D eigenvalue weighted by molar-refractivity contribution is 8.00. The van der Waals surface area contributed by atoms with Gasteiger partial charge in [-0.05, 0) is 0 Å². The van der Waals surface area contributed by atoms with Crippen LogP contribution in [0, 0.1) is 0 Å². The standard InChI is InChI=1S/C14H11ClF3N5O5S2/c15-4-1-29-11-7(10(25)23(11)8(4)12(26)27)21-9(24)6(5-2-30-13(19)20-5)22-28-3-14(16,17)18/h2,7,11H,1,3H2,(H2,19,20)(H,21,24)(H,26,27)/t7?,11-/m0/s1. The predicted octanol–water partition coefficient (Wildman–Crippen LogP) is 0.943. The lowest BCUT2D eigenvalue weighted by molar-refractivity contribution is -0.174. The van der Waals surface area contributed by atoms with Gasteiger partial charge in [0.25, 0.3) is 11.8 Å². The molecule has 1 unspecified atom stereocenters. The van der Waals surface area contributed by atoms with Crippen LogP contribution >= 0.6 is 34.7 Å². The van der Waals surface area contributed by atoms with Gasteiger partial charge in [0.2, 0.25) is 6.61 Å². The average molecular weight is 486 g/mol. The number of amides is 2. The van der Waals surface area contributed by atoms with Crippen molar-refractivity contribution >= 4 is 63.3 Å². The average Bonchev–Trinajstić information content (AvgIpc) is 3.07. The number of carbonyl (C=O) groups excluding carboxylic acids is 2. The van der Waals surface area contributed by atoms with Crippen LogP contribution in [0.1, 0.15) is 5.69 Å².